The highest BCUT2D eigenvalue weighted by Gasteiger charge is 2.27. The lowest BCUT2D eigenvalue weighted by Crippen LogP contribution is -2.09. The molecule has 0 saturated heterocycles. The number of nitrogens with zero attached hydrogens (tertiary/aromatic N) is 1. The van der Waals surface area contributed by atoms with Gasteiger partial charge >= 0.3 is 5.69 Å². The normalized spacial score (nSPS) is 10.5. The summed E-state index contributed by atoms with van der Waals surface area (Å²) in [6.45, 7) is 1.65. The van der Waals surface area contributed by atoms with E-state index in [9.17, 15) is 19.3 Å². The zero-order valence-electron chi connectivity index (χ0n) is 11.2. The predicted octanol–water partition coefficient (Wildman–Crippen LogP) is 4.38. The molecule has 2 aromatic carbocycles. The standard InChI is InChI=1S/C14H9Br2FN2O3/c1-6-2-3-7(17)4-8(6)14(20)11-9(15)5-10(18)13(12(11)16)19(21)22/h2-5H,18H2,1H3. The maximum atomic E-state index is 13.4. The van der Waals surface area contributed by atoms with Crippen LogP contribution in [-0.2, 0) is 0 Å². The molecule has 0 atom stereocenters. The third-order valence-corrected chi connectivity index (χ3v) is 4.47. The van der Waals surface area contributed by atoms with Crippen molar-refractivity contribution >= 4 is 49.0 Å². The smallest absolute Gasteiger partial charge is 0.306 e. The van der Waals surface area contributed by atoms with Gasteiger partial charge in [0.1, 0.15) is 16.0 Å². The van der Waals surface area contributed by atoms with Crippen LogP contribution in [-0.4, -0.2) is 10.7 Å². The van der Waals surface area contributed by atoms with Gasteiger partial charge in [0, 0.05) is 10.0 Å². The van der Waals surface area contributed by atoms with Crippen LogP contribution in [0.25, 0.3) is 0 Å². The van der Waals surface area contributed by atoms with E-state index in [1.807, 2.05) is 0 Å². The van der Waals surface area contributed by atoms with Crippen molar-refractivity contribution in [2.24, 2.45) is 0 Å². The van der Waals surface area contributed by atoms with E-state index in [1.165, 1.54) is 18.2 Å². The van der Waals surface area contributed by atoms with Gasteiger partial charge in [0.05, 0.1) is 10.5 Å². The van der Waals surface area contributed by atoms with E-state index < -0.39 is 22.2 Å². The van der Waals surface area contributed by atoms with E-state index >= 15 is 0 Å². The summed E-state index contributed by atoms with van der Waals surface area (Å²) < 4.78 is 13.6. The second kappa shape index (κ2) is 6.13. The Hall–Kier alpha value is -1.80. The summed E-state index contributed by atoms with van der Waals surface area (Å²) in [6.07, 6.45) is 0. The van der Waals surface area contributed by atoms with Crippen LogP contribution in [0.3, 0.4) is 0 Å². The molecule has 0 aliphatic carbocycles. The fourth-order valence-electron chi connectivity index (χ4n) is 1.99. The molecule has 0 radical (unpaired) electrons. The summed E-state index contributed by atoms with van der Waals surface area (Å²) in [5.74, 6) is -1.11. The van der Waals surface area contributed by atoms with Crippen LogP contribution >= 0.6 is 31.9 Å². The van der Waals surface area contributed by atoms with Crippen LogP contribution in [0.5, 0.6) is 0 Å². The molecule has 0 saturated carbocycles. The molecule has 114 valence electrons. The quantitative estimate of drug-likeness (QED) is 0.338. The third kappa shape index (κ3) is 2.89. The fraction of sp³-hybridized carbons (Fsp3) is 0.0714. The number of rotatable bonds is 3. The minimum atomic E-state index is -0.679. The van der Waals surface area contributed by atoms with Gasteiger partial charge < -0.3 is 5.73 Å². The minimum Gasteiger partial charge on any atom is -0.393 e. The number of ketones is 1. The van der Waals surface area contributed by atoms with Crippen molar-refractivity contribution in [2.45, 2.75) is 6.92 Å². The Balaban J connectivity index is 2.72. The Morgan fingerprint density at radius 2 is 1.95 bits per heavy atom. The molecule has 0 bridgehead atoms. The number of aryl methyl sites for hydroxylation is 1. The number of nitro benzene ring substituents is 1. The molecular weight excluding hydrogens is 423 g/mol. The number of hydrogen-bond acceptors (Lipinski definition) is 4. The largest absolute Gasteiger partial charge is 0.393 e. The van der Waals surface area contributed by atoms with E-state index in [0.29, 0.717) is 5.56 Å². The summed E-state index contributed by atoms with van der Waals surface area (Å²) in [4.78, 5) is 23.1. The molecular formula is C14H9Br2FN2O3. The highest BCUT2D eigenvalue weighted by Crippen LogP contribution is 2.39. The van der Waals surface area contributed by atoms with Crippen molar-refractivity contribution in [1.29, 1.82) is 0 Å². The van der Waals surface area contributed by atoms with Gasteiger partial charge in [0.25, 0.3) is 0 Å². The molecule has 0 aliphatic heterocycles. The Bertz CT molecular complexity index is 809. The molecule has 0 aromatic heterocycles. The number of carbonyl (C=O) groups is 1. The number of nitro groups is 1. The lowest BCUT2D eigenvalue weighted by Gasteiger charge is -2.11. The van der Waals surface area contributed by atoms with Crippen molar-refractivity contribution < 1.29 is 14.1 Å². The first kappa shape index (κ1) is 16.6. The molecule has 0 aliphatic rings. The molecule has 22 heavy (non-hydrogen) atoms. The number of nitrogens with two attached hydrogens (primary N) is 1. The fourth-order valence-corrected chi connectivity index (χ4v) is 3.65. The van der Waals surface area contributed by atoms with Crippen LogP contribution in [0.1, 0.15) is 21.5 Å². The SMILES string of the molecule is Cc1ccc(F)cc1C(=O)c1c(Br)cc(N)c([N+](=O)[O-])c1Br. The number of halogens is 3. The Morgan fingerprint density at radius 1 is 1.32 bits per heavy atom. The van der Waals surface area contributed by atoms with Gasteiger partial charge in [-0.1, -0.05) is 6.07 Å². The maximum absolute atomic E-state index is 13.4. The topological polar surface area (TPSA) is 86.2 Å². The average molecular weight is 432 g/mol. The number of nitrogen functional groups attached to an aromatic ring is 1. The second-order valence-electron chi connectivity index (χ2n) is 4.53. The summed E-state index contributed by atoms with van der Waals surface area (Å²) in [6, 6.07) is 5.08. The molecule has 0 fully saturated rings. The highest BCUT2D eigenvalue weighted by atomic mass is 79.9. The van der Waals surface area contributed by atoms with E-state index in [0.717, 1.165) is 6.07 Å². The molecule has 2 aromatic rings. The summed E-state index contributed by atoms with van der Waals surface area (Å²) in [5, 5.41) is 11.1. The summed E-state index contributed by atoms with van der Waals surface area (Å²) >= 11 is 6.23. The number of carbonyl (C=O) groups excluding carboxylic acids is 1. The van der Waals surface area contributed by atoms with E-state index in [-0.39, 0.29) is 25.8 Å². The van der Waals surface area contributed by atoms with Crippen molar-refractivity contribution in [2.75, 3.05) is 5.73 Å². The number of anilines is 1. The van der Waals surface area contributed by atoms with Crippen LogP contribution in [0.15, 0.2) is 33.2 Å². The van der Waals surface area contributed by atoms with Crippen molar-refractivity contribution in [3.63, 3.8) is 0 Å². The lowest BCUT2D eigenvalue weighted by atomic mass is 9.98. The molecule has 0 amide bonds. The van der Waals surface area contributed by atoms with Gasteiger partial charge in [-0.05, 0) is 62.5 Å². The number of benzene rings is 2. The lowest BCUT2D eigenvalue weighted by molar-refractivity contribution is -0.384. The first-order valence-electron chi connectivity index (χ1n) is 5.96. The molecule has 0 heterocycles. The number of hydrogen-bond donors (Lipinski definition) is 1. The maximum Gasteiger partial charge on any atom is 0.306 e. The average Bonchev–Trinajstić information content (AvgIpc) is 2.40. The van der Waals surface area contributed by atoms with E-state index in [2.05, 4.69) is 31.9 Å². The molecule has 0 spiro atoms. The van der Waals surface area contributed by atoms with Gasteiger partial charge in [0.15, 0.2) is 5.78 Å². The van der Waals surface area contributed by atoms with Gasteiger partial charge in [-0.3, -0.25) is 14.9 Å². The monoisotopic (exact) mass is 430 g/mol. The highest BCUT2D eigenvalue weighted by molar-refractivity contribution is 9.11. The molecule has 2 N–H and O–H groups in total. The van der Waals surface area contributed by atoms with Crippen molar-refractivity contribution in [3.05, 3.63) is 65.8 Å². The molecule has 2 rings (SSSR count). The van der Waals surface area contributed by atoms with E-state index in [1.54, 1.807) is 6.92 Å². The first-order valence-corrected chi connectivity index (χ1v) is 7.55. The van der Waals surface area contributed by atoms with Gasteiger partial charge in [-0.15, -0.1) is 0 Å². The van der Waals surface area contributed by atoms with Gasteiger partial charge in [0.2, 0.25) is 0 Å². The van der Waals surface area contributed by atoms with Crippen LogP contribution in [0.4, 0.5) is 15.8 Å². The Labute approximate surface area is 141 Å². The second-order valence-corrected chi connectivity index (χ2v) is 6.18. The summed E-state index contributed by atoms with van der Waals surface area (Å²) in [7, 11) is 0. The molecule has 8 heteroatoms. The van der Waals surface area contributed by atoms with E-state index in [4.69, 9.17) is 5.73 Å². The Kier molecular flexibility index (Phi) is 4.62. The zero-order chi connectivity index (χ0) is 16.6. The summed E-state index contributed by atoms with van der Waals surface area (Å²) in [5.41, 5.74) is 5.83. The molecule has 5 nitrogen and oxygen atoms in total. The van der Waals surface area contributed by atoms with Crippen LogP contribution in [0, 0.1) is 22.9 Å². The van der Waals surface area contributed by atoms with Gasteiger partial charge in [-0.2, -0.15) is 0 Å². The minimum absolute atomic E-state index is 0.0228. The van der Waals surface area contributed by atoms with Crippen LogP contribution in [0.2, 0.25) is 0 Å². The van der Waals surface area contributed by atoms with Crippen molar-refractivity contribution in [3.8, 4) is 0 Å². The molecule has 0 unspecified atom stereocenters. The third-order valence-electron chi connectivity index (χ3n) is 3.08. The zero-order valence-corrected chi connectivity index (χ0v) is 14.4. The van der Waals surface area contributed by atoms with Crippen LogP contribution < -0.4 is 5.73 Å². The van der Waals surface area contributed by atoms with Gasteiger partial charge in [-0.25, -0.2) is 4.39 Å². The van der Waals surface area contributed by atoms with Crippen molar-refractivity contribution in [1.82, 2.24) is 0 Å². The first-order chi connectivity index (χ1) is 10.2. The predicted molar refractivity (Wildman–Crippen MR) is 87.5 cm³/mol. The Morgan fingerprint density at radius 3 is 2.55 bits per heavy atom.